The van der Waals surface area contributed by atoms with Gasteiger partial charge < -0.3 is 10.2 Å². The van der Waals surface area contributed by atoms with Crippen LogP contribution in [-0.2, 0) is 14.6 Å². The fourth-order valence-corrected chi connectivity index (χ4v) is 8.72. The van der Waals surface area contributed by atoms with Crippen molar-refractivity contribution < 1.29 is 27.8 Å². The van der Waals surface area contributed by atoms with E-state index in [0.717, 1.165) is 0 Å². The van der Waals surface area contributed by atoms with E-state index in [2.05, 4.69) is 0 Å². The summed E-state index contributed by atoms with van der Waals surface area (Å²) in [6.07, 6.45) is 4.08. The SMILES string of the molecule is C[C@]12C[C@H](O)[C@]3(F)C(C[C@@H](O)C4=CC(=O)C=C[C@@]43C)C1CCC2S(C)(=O)=O. The third-order valence-electron chi connectivity index (χ3n) is 8.09. The molecule has 27 heavy (non-hydrogen) atoms. The largest absolute Gasteiger partial charge is 0.390 e. The third-order valence-corrected chi connectivity index (χ3v) is 9.90. The van der Waals surface area contributed by atoms with E-state index in [1.807, 2.05) is 6.92 Å². The van der Waals surface area contributed by atoms with Gasteiger partial charge in [-0.05, 0) is 61.7 Å². The number of sulfone groups is 1. The molecule has 4 aliphatic carbocycles. The Hall–Kier alpha value is -1.05. The summed E-state index contributed by atoms with van der Waals surface area (Å²) in [5.74, 6) is -1.21. The first kappa shape index (κ1) is 19.3. The molecule has 3 unspecified atom stereocenters. The molecule has 3 fully saturated rings. The Bertz CT molecular complexity index is 864. The molecule has 7 heteroatoms. The summed E-state index contributed by atoms with van der Waals surface area (Å²) in [6.45, 7) is 3.48. The number of rotatable bonds is 1. The molecule has 0 heterocycles. The molecular weight excluding hydrogens is 371 g/mol. The van der Waals surface area contributed by atoms with Gasteiger partial charge in [-0.15, -0.1) is 0 Å². The van der Waals surface area contributed by atoms with Crippen LogP contribution in [0.2, 0.25) is 0 Å². The fraction of sp³-hybridized carbons (Fsp3) is 0.750. The van der Waals surface area contributed by atoms with E-state index in [-0.39, 0.29) is 24.5 Å². The van der Waals surface area contributed by atoms with Gasteiger partial charge in [0.2, 0.25) is 0 Å². The van der Waals surface area contributed by atoms with Gasteiger partial charge in [0, 0.05) is 17.6 Å². The third kappa shape index (κ3) is 2.28. The molecule has 3 saturated carbocycles. The van der Waals surface area contributed by atoms with Crippen molar-refractivity contribution >= 4 is 15.6 Å². The summed E-state index contributed by atoms with van der Waals surface area (Å²) in [4.78, 5) is 11.8. The predicted molar refractivity (Wildman–Crippen MR) is 98.4 cm³/mol. The van der Waals surface area contributed by atoms with Gasteiger partial charge in [-0.1, -0.05) is 13.0 Å². The molecule has 150 valence electrons. The number of aliphatic hydroxyl groups excluding tert-OH is 2. The van der Waals surface area contributed by atoms with Crippen molar-refractivity contribution in [2.45, 2.75) is 62.7 Å². The molecule has 5 nitrogen and oxygen atoms in total. The average molecular weight is 398 g/mol. The van der Waals surface area contributed by atoms with Crippen LogP contribution in [0, 0.1) is 22.7 Å². The van der Waals surface area contributed by atoms with Crippen molar-refractivity contribution in [3.63, 3.8) is 0 Å². The zero-order valence-electron chi connectivity index (χ0n) is 15.9. The Morgan fingerprint density at radius 3 is 2.48 bits per heavy atom. The van der Waals surface area contributed by atoms with Crippen molar-refractivity contribution in [2.24, 2.45) is 22.7 Å². The van der Waals surface area contributed by atoms with Crippen LogP contribution in [0.15, 0.2) is 23.8 Å². The summed E-state index contributed by atoms with van der Waals surface area (Å²) in [5, 5.41) is 21.1. The molecule has 0 amide bonds. The Morgan fingerprint density at radius 2 is 1.85 bits per heavy atom. The van der Waals surface area contributed by atoms with E-state index in [9.17, 15) is 23.4 Å². The van der Waals surface area contributed by atoms with Gasteiger partial charge in [0.05, 0.1) is 17.5 Å². The van der Waals surface area contributed by atoms with Gasteiger partial charge >= 0.3 is 0 Å². The van der Waals surface area contributed by atoms with Gasteiger partial charge in [-0.25, -0.2) is 12.8 Å². The normalized spacial score (nSPS) is 52.0. The zero-order chi connectivity index (χ0) is 20.0. The van der Waals surface area contributed by atoms with Gasteiger partial charge in [0.25, 0.3) is 0 Å². The van der Waals surface area contributed by atoms with Gasteiger partial charge in [0.15, 0.2) is 21.3 Å². The molecule has 0 saturated heterocycles. The topological polar surface area (TPSA) is 91.7 Å². The first-order valence-electron chi connectivity index (χ1n) is 9.55. The van der Waals surface area contributed by atoms with Crippen LogP contribution in [0.4, 0.5) is 4.39 Å². The maximum absolute atomic E-state index is 16.7. The number of carbonyl (C=O) groups excluding carboxylic acids is 1. The van der Waals surface area contributed by atoms with Crippen LogP contribution in [0.3, 0.4) is 0 Å². The maximum atomic E-state index is 16.7. The van der Waals surface area contributed by atoms with Crippen LogP contribution in [0.1, 0.15) is 39.5 Å². The van der Waals surface area contributed by atoms with Gasteiger partial charge in [-0.3, -0.25) is 4.79 Å². The number of carbonyl (C=O) groups is 1. The molecule has 0 aromatic rings. The molecular formula is C20H27FO5S. The number of fused-ring (bicyclic) bond motifs is 5. The Balaban J connectivity index is 1.85. The summed E-state index contributed by atoms with van der Waals surface area (Å²) in [7, 11) is -3.34. The monoisotopic (exact) mass is 398 g/mol. The lowest BCUT2D eigenvalue weighted by molar-refractivity contribution is -0.199. The van der Waals surface area contributed by atoms with Crippen molar-refractivity contribution in [1.29, 1.82) is 0 Å². The first-order valence-corrected chi connectivity index (χ1v) is 11.5. The van der Waals surface area contributed by atoms with E-state index in [4.69, 9.17) is 0 Å². The van der Waals surface area contributed by atoms with Gasteiger partial charge in [-0.2, -0.15) is 0 Å². The zero-order valence-corrected chi connectivity index (χ0v) is 16.7. The standard InChI is InChI=1S/C20H27FO5S/c1-18-10-16(24)20(21)13(12(18)4-5-17(18)27(3,25)26)9-15(23)14-8-11(22)6-7-19(14,20)2/h6-8,12-13,15-17,23-24H,4-5,9-10H2,1-3H3/t12?,13?,15-,16+,17?,18+,19+,20-/m1/s1. The molecule has 0 aromatic carbocycles. The number of allylic oxidation sites excluding steroid dienone is 3. The van der Waals surface area contributed by atoms with Crippen molar-refractivity contribution in [3.05, 3.63) is 23.8 Å². The minimum atomic E-state index is -3.34. The highest BCUT2D eigenvalue weighted by Gasteiger charge is 2.72. The lowest BCUT2D eigenvalue weighted by Gasteiger charge is -2.62. The molecule has 0 aliphatic heterocycles. The predicted octanol–water partition coefficient (Wildman–Crippen LogP) is 1.74. The summed E-state index contributed by atoms with van der Waals surface area (Å²) in [5.41, 5.74) is -3.74. The second-order valence-corrected chi connectivity index (χ2v) is 11.6. The summed E-state index contributed by atoms with van der Waals surface area (Å²) >= 11 is 0. The molecule has 4 rings (SSSR count). The Kier molecular flexibility index (Phi) is 3.94. The van der Waals surface area contributed by atoms with Crippen LogP contribution in [-0.4, -0.2) is 53.8 Å². The number of halogens is 1. The lowest BCUT2D eigenvalue weighted by atomic mass is 9.45. The smallest absolute Gasteiger partial charge is 0.178 e. The van der Waals surface area contributed by atoms with E-state index < -0.39 is 49.7 Å². The minimum Gasteiger partial charge on any atom is -0.390 e. The van der Waals surface area contributed by atoms with Crippen LogP contribution in [0.25, 0.3) is 0 Å². The molecule has 0 aromatic heterocycles. The highest BCUT2D eigenvalue weighted by atomic mass is 32.2. The van der Waals surface area contributed by atoms with E-state index >= 15 is 4.39 Å². The fourth-order valence-electron chi connectivity index (χ4n) is 6.90. The lowest BCUT2D eigenvalue weighted by Crippen LogP contribution is -2.69. The van der Waals surface area contributed by atoms with Gasteiger partial charge in [0.1, 0.15) is 0 Å². The Labute approximate surface area is 159 Å². The number of aliphatic hydroxyl groups is 2. The van der Waals surface area contributed by atoms with Crippen LogP contribution in [0.5, 0.6) is 0 Å². The molecule has 8 atom stereocenters. The number of hydrogen-bond donors (Lipinski definition) is 2. The second-order valence-electron chi connectivity index (χ2n) is 9.39. The first-order chi connectivity index (χ1) is 12.4. The molecule has 0 radical (unpaired) electrons. The molecule has 0 spiro atoms. The summed E-state index contributed by atoms with van der Waals surface area (Å²) in [6, 6.07) is 0. The molecule has 2 N–H and O–H groups in total. The quantitative estimate of drug-likeness (QED) is 0.702. The molecule has 0 bridgehead atoms. The second kappa shape index (κ2) is 5.51. The average Bonchev–Trinajstić information content (AvgIpc) is 2.89. The van der Waals surface area contributed by atoms with Crippen molar-refractivity contribution in [2.75, 3.05) is 6.26 Å². The Morgan fingerprint density at radius 1 is 1.19 bits per heavy atom. The molecule has 4 aliphatic rings. The maximum Gasteiger partial charge on any atom is 0.178 e. The van der Waals surface area contributed by atoms with Crippen LogP contribution < -0.4 is 0 Å². The van der Waals surface area contributed by atoms with Crippen molar-refractivity contribution in [1.82, 2.24) is 0 Å². The minimum absolute atomic E-state index is 0.0587. The van der Waals surface area contributed by atoms with Crippen molar-refractivity contribution in [3.8, 4) is 0 Å². The van der Waals surface area contributed by atoms with E-state index in [1.54, 1.807) is 6.92 Å². The van der Waals surface area contributed by atoms with E-state index in [0.29, 0.717) is 18.4 Å². The number of hydrogen-bond acceptors (Lipinski definition) is 5. The summed E-state index contributed by atoms with van der Waals surface area (Å²) < 4.78 is 41.4. The van der Waals surface area contributed by atoms with E-state index in [1.165, 1.54) is 24.5 Å². The van der Waals surface area contributed by atoms with Crippen LogP contribution >= 0.6 is 0 Å². The number of ketones is 1. The number of alkyl halides is 1. The highest BCUT2D eigenvalue weighted by molar-refractivity contribution is 7.91. The highest BCUT2D eigenvalue weighted by Crippen LogP contribution is 2.68.